The van der Waals surface area contributed by atoms with Gasteiger partial charge in [0.05, 0.1) is 5.69 Å². The lowest BCUT2D eigenvalue weighted by Gasteiger charge is -1.93. The zero-order valence-corrected chi connectivity index (χ0v) is 6.54. The molecule has 1 aromatic rings. The molecular formula is C7H10N4O. The van der Waals surface area contributed by atoms with Crippen LogP contribution in [0.25, 0.3) is 0 Å². The molecule has 5 nitrogen and oxygen atoms in total. The summed E-state index contributed by atoms with van der Waals surface area (Å²) in [5.74, 6) is 0.227. The Hall–Kier alpha value is -1.54. The van der Waals surface area contributed by atoms with Crippen LogP contribution in [-0.4, -0.2) is 21.9 Å². The SMILES string of the molecule is N#Cc1c(N)n[nH]c1CCCO. The third kappa shape index (κ3) is 1.54. The summed E-state index contributed by atoms with van der Waals surface area (Å²) < 4.78 is 0. The highest BCUT2D eigenvalue weighted by atomic mass is 16.2. The van der Waals surface area contributed by atoms with E-state index in [-0.39, 0.29) is 12.4 Å². The third-order valence-electron chi connectivity index (χ3n) is 1.57. The maximum absolute atomic E-state index is 8.63. The van der Waals surface area contributed by atoms with Crippen LogP contribution in [0.3, 0.4) is 0 Å². The predicted molar refractivity (Wildman–Crippen MR) is 43.1 cm³/mol. The number of nitrogen functional groups attached to an aromatic ring is 1. The predicted octanol–water partition coefficient (Wildman–Crippen LogP) is -0.212. The first-order chi connectivity index (χ1) is 5.79. The fraction of sp³-hybridized carbons (Fsp3) is 0.429. The molecule has 0 amide bonds. The van der Waals surface area contributed by atoms with E-state index in [4.69, 9.17) is 16.1 Å². The lowest BCUT2D eigenvalue weighted by atomic mass is 10.1. The van der Waals surface area contributed by atoms with Crippen LogP contribution in [0.2, 0.25) is 0 Å². The van der Waals surface area contributed by atoms with Crippen LogP contribution >= 0.6 is 0 Å². The molecule has 1 aromatic heterocycles. The number of rotatable bonds is 3. The molecule has 12 heavy (non-hydrogen) atoms. The number of H-pyrrole nitrogens is 1. The van der Waals surface area contributed by atoms with Crippen LogP contribution in [0.1, 0.15) is 17.7 Å². The van der Waals surface area contributed by atoms with E-state index in [0.717, 1.165) is 0 Å². The Balaban J connectivity index is 2.79. The number of aryl methyl sites for hydroxylation is 1. The molecule has 0 aliphatic carbocycles. The maximum atomic E-state index is 8.63. The molecule has 4 N–H and O–H groups in total. The highest BCUT2D eigenvalue weighted by molar-refractivity contribution is 5.50. The van der Waals surface area contributed by atoms with E-state index in [0.29, 0.717) is 24.1 Å². The van der Waals surface area contributed by atoms with Crippen LogP contribution in [-0.2, 0) is 6.42 Å². The zero-order valence-electron chi connectivity index (χ0n) is 6.54. The minimum absolute atomic E-state index is 0.101. The summed E-state index contributed by atoms with van der Waals surface area (Å²) in [6, 6.07) is 1.95. The van der Waals surface area contributed by atoms with Crippen molar-refractivity contribution in [2.45, 2.75) is 12.8 Å². The molecular weight excluding hydrogens is 156 g/mol. The molecule has 1 heterocycles. The molecule has 5 heteroatoms. The molecule has 0 unspecified atom stereocenters. The monoisotopic (exact) mass is 166 g/mol. The molecule has 0 aliphatic heterocycles. The number of aliphatic hydroxyl groups excluding tert-OH is 1. The number of aromatic amines is 1. The molecule has 1 rings (SSSR count). The Kier molecular flexibility index (Phi) is 2.66. The lowest BCUT2D eigenvalue weighted by molar-refractivity contribution is 0.288. The number of nitrogens with one attached hydrogen (secondary N) is 1. The number of anilines is 1. The second-order valence-electron chi connectivity index (χ2n) is 2.40. The fourth-order valence-corrected chi connectivity index (χ4v) is 0.956. The van der Waals surface area contributed by atoms with Crippen molar-refractivity contribution in [3.05, 3.63) is 11.3 Å². The van der Waals surface area contributed by atoms with E-state index < -0.39 is 0 Å². The van der Waals surface area contributed by atoms with Crippen LogP contribution in [0, 0.1) is 11.3 Å². The van der Waals surface area contributed by atoms with E-state index in [2.05, 4.69) is 10.2 Å². The Labute approximate surface area is 69.8 Å². The highest BCUT2D eigenvalue weighted by Crippen LogP contribution is 2.12. The van der Waals surface area contributed by atoms with Crippen molar-refractivity contribution in [1.82, 2.24) is 10.2 Å². The quantitative estimate of drug-likeness (QED) is 0.578. The standard InChI is InChI=1S/C7H10N4O/c8-4-5-6(2-1-3-12)10-11-7(5)9/h12H,1-3H2,(H3,9,10,11). The summed E-state index contributed by atoms with van der Waals surface area (Å²) in [5.41, 5.74) is 6.49. The second kappa shape index (κ2) is 3.74. The Morgan fingerprint density at radius 1 is 1.67 bits per heavy atom. The van der Waals surface area contributed by atoms with E-state index in [1.54, 1.807) is 0 Å². The summed E-state index contributed by atoms with van der Waals surface area (Å²) in [6.45, 7) is 0.101. The molecule has 0 spiro atoms. The van der Waals surface area contributed by atoms with Crippen LogP contribution < -0.4 is 5.73 Å². The summed E-state index contributed by atoms with van der Waals surface area (Å²) in [7, 11) is 0. The molecule has 0 bridgehead atoms. The minimum atomic E-state index is 0.101. The van der Waals surface area contributed by atoms with Gasteiger partial charge in [-0.05, 0) is 12.8 Å². The number of nitrogens with two attached hydrogens (primary N) is 1. The van der Waals surface area contributed by atoms with Gasteiger partial charge in [-0.1, -0.05) is 0 Å². The average molecular weight is 166 g/mol. The molecule has 0 saturated heterocycles. The molecule has 64 valence electrons. The van der Waals surface area contributed by atoms with Crippen LogP contribution in [0.4, 0.5) is 5.82 Å². The fourth-order valence-electron chi connectivity index (χ4n) is 0.956. The lowest BCUT2D eigenvalue weighted by Crippen LogP contribution is -1.93. The van der Waals surface area contributed by atoms with Crippen LogP contribution in [0.15, 0.2) is 0 Å². The molecule has 0 aliphatic rings. The van der Waals surface area contributed by atoms with E-state index >= 15 is 0 Å². The molecule has 0 radical (unpaired) electrons. The summed E-state index contributed by atoms with van der Waals surface area (Å²) in [4.78, 5) is 0. The maximum Gasteiger partial charge on any atom is 0.163 e. The number of hydrogen-bond acceptors (Lipinski definition) is 4. The number of hydrogen-bond donors (Lipinski definition) is 3. The average Bonchev–Trinajstić information content (AvgIpc) is 2.43. The van der Waals surface area contributed by atoms with Crippen molar-refractivity contribution >= 4 is 5.82 Å². The van der Waals surface area contributed by atoms with Gasteiger partial charge in [0, 0.05) is 6.61 Å². The first-order valence-electron chi connectivity index (χ1n) is 3.63. The Bertz CT molecular complexity index is 299. The van der Waals surface area contributed by atoms with Gasteiger partial charge in [-0.15, -0.1) is 0 Å². The van der Waals surface area contributed by atoms with Gasteiger partial charge in [-0.25, -0.2) is 0 Å². The minimum Gasteiger partial charge on any atom is -0.396 e. The van der Waals surface area contributed by atoms with Gasteiger partial charge in [0.2, 0.25) is 0 Å². The Morgan fingerprint density at radius 2 is 2.42 bits per heavy atom. The van der Waals surface area contributed by atoms with Crippen molar-refractivity contribution < 1.29 is 5.11 Å². The summed E-state index contributed by atoms with van der Waals surface area (Å²) in [5, 5.41) is 23.5. The van der Waals surface area contributed by atoms with E-state index in [1.165, 1.54) is 0 Å². The highest BCUT2D eigenvalue weighted by Gasteiger charge is 2.08. The van der Waals surface area contributed by atoms with Gasteiger partial charge in [0.25, 0.3) is 0 Å². The molecule has 0 aromatic carbocycles. The van der Waals surface area contributed by atoms with Gasteiger partial charge < -0.3 is 10.8 Å². The summed E-state index contributed by atoms with van der Waals surface area (Å²) >= 11 is 0. The smallest absolute Gasteiger partial charge is 0.163 e. The molecule has 0 saturated carbocycles. The van der Waals surface area contributed by atoms with Gasteiger partial charge in [0.15, 0.2) is 5.82 Å². The molecule has 0 fully saturated rings. The first-order valence-corrected chi connectivity index (χ1v) is 3.63. The molecule has 0 atom stereocenters. The number of aromatic nitrogens is 2. The van der Waals surface area contributed by atoms with Gasteiger partial charge in [0.1, 0.15) is 11.6 Å². The second-order valence-corrected chi connectivity index (χ2v) is 2.40. The number of aliphatic hydroxyl groups is 1. The van der Waals surface area contributed by atoms with E-state index in [9.17, 15) is 0 Å². The van der Waals surface area contributed by atoms with Gasteiger partial charge in [-0.2, -0.15) is 10.4 Å². The topological polar surface area (TPSA) is 98.7 Å². The normalized spacial score (nSPS) is 9.67. The summed E-state index contributed by atoms with van der Waals surface area (Å²) in [6.07, 6.45) is 1.21. The first kappa shape index (κ1) is 8.56. The zero-order chi connectivity index (χ0) is 8.97. The van der Waals surface area contributed by atoms with Crippen molar-refractivity contribution in [2.75, 3.05) is 12.3 Å². The van der Waals surface area contributed by atoms with E-state index in [1.807, 2.05) is 6.07 Å². The number of nitrogens with zero attached hydrogens (tertiary/aromatic N) is 2. The number of nitriles is 1. The van der Waals surface area contributed by atoms with Crippen molar-refractivity contribution in [1.29, 1.82) is 5.26 Å². The van der Waals surface area contributed by atoms with Crippen molar-refractivity contribution in [3.63, 3.8) is 0 Å². The van der Waals surface area contributed by atoms with Crippen LogP contribution in [0.5, 0.6) is 0 Å². The van der Waals surface area contributed by atoms with Gasteiger partial charge >= 0.3 is 0 Å². The Morgan fingerprint density at radius 3 is 3.00 bits per heavy atom. The largest absolute Gasteiger partial charge is 0.396 e. The van der Waals surface area contributed by atoms with Crippen molar-refractivity contribution in [2.24, 2.45) is 0 Å². The third-order valence-corrected chi connectivity index (χ3v) is 1.57. The van der Waals surface area contributed by atoms with Gasteiger partial charge in [-0.3, -0.25) is 5.10 Å². The van der Waals surface area contributed by atoms with Crippen molar-refractivity contribution in [3.8, 4) is 6.07 Å².